The van der Waals surface area contributed by atoms with Crippen molar-refractivity contribution in [2.75, 3.05) is 20.7 Å². The maximum absolute atomic E-state index is 13.2. The van der Waals surface area contributed by atoms with E-state index in [0.29, 0.717) is 30.9 Å². The summed E-state index contributed by atoms with van der Waals surface area (Å²) in [6.07, 6.45) is -6.07. The van der Waals surface area contributed by atoms with Crippen LogP contribution in [-0.4, -0.2) is 112 Å². The minimum atomic E-state index is -2.15. The van der Waals surface area contributed by atoms with Crippen LogP contribution >= 0.6 is 0 Å². The minimum Gasteiger partial charge on any atom is -0.493 e. The van der Waals surface area contributed by atoms with E-state index in [9.17, 15) is 34.2 Å². The number of rotatable bonds is 11. The summed E-state index contributed by atoms with van der Waals surface area (Å²) in [7, 11) is 3.43. The maximum Gasteiger partial charge on any atom is 0.348 e. The average Bonchev–Trinajstić information content (AvgIpc) is 3.31. The summed E-state index contributed by atoms with van der Waals surface area (Å²) in [5.74, 6) is -6.12. The van der Waals surface area contributed by atoms with Crippen LogP contribution in [0.25, 0.3) is 0 Å². The van der Waals surface area contributed by atoms with E-state index in [0.717, 1.165) is 18.1 Å². The number of likely N-dealkylation sites (N-methyl/N-ethyl adjacent to an activating group) is 1. The zero-order valence-electron chi connectivity index (χ0n) is 24.2. The molecule has 0 radical (unpaired) electrons. The highest BCUT2D eigenvalue weighted by molar-refractivity contribution is 5.87. The van der Waals surface area contributed by atoms with Crippen LogP contribution in [0.2, 0.25) is 0 Å². The standard InChI is InChI=1S/C29H33NO14/c1-13(25(34)35)41-27(38)18(43-20(32)11-15(31)26(36)37)12-21(33)42-17-6-7-29(39)19-10-14-4-5-16(40-3)23-22(14)28(29,24(17)44-23)8-9-30(19)2/h4-6,13,15,18-19,24,31,39H,7-12H2,1-3H3,(H,34,35)(H,36,37)/t13-,15?,18?,19+,24-,28-,29+/m0/s1. The number of hydrogen-bond donors (Lipinski definition) is 4. The summed E-state index contributed by atoms with van der Waals surface area (Å²) in [4.78, 5) is 62.4. The van der Waals surface area contributed by atoms with Crippen molar-refractivity contribution in [1.82, 2.24) is 4.90 Å². The van der Waals surface area contributed by atoms with Crippen molar-refractivity contribution in [2.24, 2.45) is 0 Å². The number of carbonyl (C=O) groups excluding carboxylic acids is 3. The van der Waals surface area contributed by atoms with Crippen molar-refractivity contribution < 1.29 is 68.1 Å². The van der Waals surface area contributed by atoms with E-state index >= 15 is 0 Å². The maximum atomic E-state index is 13.2. The van der Waals surface area contributed by atoms with E-state index in [1.807, 2.05) is 13.1 Å². The van der Waals surface area contributed by atoms with Crippen molar-refractivity contribution in [1.29, 1.82) is 0 Å². The molecule has 0 aromatic heterocycles. The molecule has 2 bridgehead atoms. The average molecular weight is 620 g/mol. The van der Waals surface area contributed by atoms with E-state index in [2.05, 4.69) is 4.90 Å². The molecule has 5 rings (SSSR count). The van der Waals surface area contributed by atoms with Gasteiger partial charge in [0, 0.05) is 18.0 Å². The summed E-state index contributed by atoms with van der Waals surface area (Å²) in [6, 6.07) is 3.46. The number of piperidine rings is 1. The first-order chi connectivity index (χ1) is 20.7. The van der Waals surface area contributed by atoms with Crippen LogP contribution < -0.4 is 9.47 Å². The van der Waals surface area contributed by atoms with Gasteiger partial charge >= 0.3 is 29.8 Å². The van der Waals surface area contributed by atoms with Gasteiger partial charge < -0.3 is 49.0 Å². The van der Waals surface area contributed by atoms with Gasteiger partial charge in [0.25, 0.3) is 0 Å². The van der Waals surface area contributed by atoms with Crippen LogP contribution in [0.15, 0.2) is 24.0 Å². The molecule has 15 heteroatoms. The Kier molecular flexibility index (Phi) is 8.07. The summed E-state index contributed by atoms with van der Waals surface area (Å²) >= 11 is 0. The van der Waals surface area contributed by atoms with Crippen molar-refractivity contribution in [2.45, 2.75) is 80.5 Å². The molecule has 1 saturated heterocycles. The predicted molar refractivity (Wildman–Crippen MR) is 144 cm³/mol. The first kappa shape index (κ1) is 31.2. The Labute approximate surface area is 250 Å². The third kappa shape index (κ3) is 4.94. The number of methoxy groups -OCH3 is 1. The highest BCUT2D eigenvalue weighted by atomic mass is 16.6. The summed E-state index contributed by atoms with van der Waals surface area (Å²) in [6.45, 7) is 1.66. The molecule has 1 spiro atoms. The Bertz CT molecular complexity index is 1440. The number of carboxylic acid groups (broad SMARTS) is 2. The van der Waals surface area contributed by atoms with Gasteiger partial charge in [-0.15, -0.1) is 0 Å². The first-order valence-electron chi connectivity index (χ1n) is 14.0. The molecular weight excluding hydrogens is 586 g/mol. The van der Waals surface area contributed by atoms with Crippen molar-refractivity contribution in [3.8, 4) is 11.5 Å². The lowest BCUT2D eigenvalue weighted by Gasteiger charge is -2.61. The number of carboxylic acids is 2. The minimum absolute atomic E-state index is 0.0627. The second kappa shape index (κ2) is 11.4. The number of aliphatic carboxylic acids is 2. The number of ether oxygens (including phenoxy) is 5. The Morgan fingerprint density at radius 1 is 1.09 bits per heavy atom. The molecule has 4 aliphatic rings. The Hall–Kier alpha value is -4.21. The molecule has 1 fully saturated rings. The van der Waals surface area contributed by atoms with Gasteiger partial charge in [-0.3, -0.25) is 9.59 Å². The number of aliphatic hydroxyl groups is 2. The highest BCUT2D eigenvalue weighted by Crippen LogP contribution is 2.65. The van der Waals surface area contributed by atoms with Crippen LogP contribution in [0, 0.1) is 0 Å². The van der Waals surface area contributed by atoms with Gasteiger partial charge in [0.05, 0.1) is 31.0 Å². The fraction of sp³-hybridized carbons (Fsp3) is 0.552. The molecule has 238 valence electrons. The van der Waals surface area contributed by atoms with Crippen LogP contribution in [0.3, 0.4) is 0 Å². The number of carbonyl (C=O) groups is 5. The number of likely N-dealkylation sites (tertiary alicyclic amines) is 1. The SMILES string of the molecule is COc1ccc2c3c1O[C@H]1C(OC(=O)CC(OC(=O)CC(O)C(=O)O)C(=O)O[C@@H](C)C(=O)O)=CC[C@@]4(O)[C@@H](C2)N(C)CC[C@]314. The van der Waals surface area contributed by atoms with Crippen molar-refractivity contribution >= 4 is 29.8 Å². The number of nitrogens with zero attached hydrogens (tertiary/aromatic N) is 1. The van der Waals surface area contributed by atoms with Gasteiger partial charge in [0.2, 0.25) is 6.10 Å². The smallest absolute Gasteiger partial charge is 0.348 e. The molecule has 2 heterocycles. The van der Waals surface area contributed by atoms with Crippen LogP contribution in [0.4, 0.5) is 0 Å². The molecule has 2 aliphatic carbocycles. The second-order valence-electron chi connectivity index (χ2n) is 11.4. The van der Waals surface area contributed by atoms with Gasteiger partial charge in [-0.05, 0) is 51.1 Å². The van der Waals surface area contributed by atoms with Gasteiger partial charge in [-0.25, -0.2) is 14.4 Å². The molecule has 2 unspecified atom stereocenters. The fourth-order valence-corrected chi connectivity index (χ4v) is 6.84. The Balaban J connectivity index is 1.41. The van der Waals surface area contributed by atoms with Gasteiger partial charge in [-0.2, -0.15) is 0 Å². The molecule has 1 aromatic rings. The summed E-state index contributed by atoms with van der Waals surface area (Å²) in [5.41, 5.74) is -0.487. The Morgan fingerprint density at radius 2 is 1.82 bits per heavy atom. The molecule has 0 saturated carbocycles. The number of aliphatic hydroxyl groups excluding tert-OH is 1. The quantitative estimate of drug-likeness (QED) is 0.184. The lowest BCUT2D eigenvalue weighted by Crippen LogP contribution is -2.74. The van der Waals surface area contributed by atoms with Crippen LogP contribution in [-0.2, 0) is 50.0 Å². The Morgan fingerprint density at radius 3 is 2.48 bits per heavy atom. The first-order valence-corrected chi connectivity index (χ1v) is 14.0. The predicted octanol–water partition coefficient (Wildman–Crippen LogP) is -0.330. The van der Waals surface area contributed by atoms with Crippen LogP contribution in [0.5, 0.6) is 11.5 Å². The number of hydrogen-bond acceptors (Lipinski definition) is 13. The summed E-state index contributed by atoms with van der Waals surface area (Å²) in [5, 5.41) is 39.7. The second-order valence-corrected chi connectivity index (χ2v) is 11.4. The molecule has 0 amide bonds. The molecule has 7 atom stereocenters. The number of benzene rings is 1. The molecule has 4 N–H and O–H groups in total. The van der Waals surface area contributed by atoms with Crippen molar-refractivity contribution in [3.63, 3.8) is 0 Å². The van der Waals surface area contributed by atoms with E-state index in [1.54, 1.807) is 12.1 Å². The lowest BCUT2D eigenvalue weighted by molar-refractivity contribution is -0.180. The van der Waals surface area contributed by atoms with Gasteiger partial charge in [-0.1, -0.05) is 6.07 Å². The normalized spacial score (nSPS) is 28.2. The largest absolute Gasteiger partial charge is 0.493 e. The van der Waals surface area contributed by atoms with Gasteiger partial charge in [0.1, 0.15) is 5.76 Å². The van der Waals surface area contributed by atoms with E-state index < -0.39 is 78.1 Å². The molecule has 15 nitrogen and oxygen atoms in total. The van der Waals surface area contributed by atoms with E-state index in [1.165, 1.54) is 7.11 Å². The third-order valence-corrected chi connectivity index (χ3v) is 8.96. The van der Waals surface area contributed by atoms with Crippen molar-refractivity contribution in [3.05, 3.63) is 35.1 Å². The zero-order chi connectivity index (χ0) is 32.1. The summed E-state index contributed by atoms with van der Waals surface area (Å²) < 4.78 is 27.3. The molecule has 2 aliphatic heterocycles. The van der Waals surface area contributed by atoms with Gasteiger partial charge in [0.15, 0.2) is 29.8 Å². The highest BCUT2D eigenvalue weighted by Gasteiger charge is 2.72. The molecule has 1 aromatic carbocycles. The lowest BCUT2D eigenvalue weighted by atomic mass is 9.50. The van der Waals surface area contributed by atoms with Crippen LogP contribution in [0.1, 0.15) is 43.7 Å². The third-order valence-electron chi connectivity index (χ3n) is 8.96. The fourth-order valence-electron chi connectivity index (χ4n) is 6.84. The monoisotopic (exact) mass is 619 g/mol. The van der Waals surface area contributed by atoms with E-state index in [4.69, 9.17) is 33.9 Å². The molecule has 44 heavy (non-hydrogen) atoms. The number of esters is 3. The molecular formula is C29H33NO14. The topological polar surface area (TPSA) is 216 Å². The zero-order valence-corrected chi connectivity index (χ0v) is 24.2. The van der Waals surface area contributed by atoms with E-state index in [-0.39, 0.29) is 18.2 Å².